The van der Waals surface area contributed by atoms with Gasteiger partial charge in [0.2, 0.25) is 11.7 Å². The summed E-state index contributed by atoms with van der Waals surface area (Å²) in [5.41, 5.74) is 1.88. The predicted octanol–water partition coefficient (Wildman–Crippen LogP) is 3.52. The van der Waals surface area contributed by atoms with Gasteiger partial charge in [0.15, 0.2) is 0 Å². The van der Waals surface area contributed by atoms with E-state index in [1.165, 1.54) is 0 Å². The lowest BCUT2D eigenvalue weighted by Crippen LogP contribution is -1.87. The van der Waals surface area contributed by atoms with E-state index in [9.17, 15) is 0 Å². The first-order valence-electron chi connectivity index (χ1n) is 5.59. The van der Waals surface area contributed by atoms with E-state index in [0.29, 0.717) is 24.0 Å². The molecular formula is C12H10ClN3OS. The van der Waals surface area contributed by atoms with Crippen molar-refractivity contribution in [3.63, 3.8) is 0 Å². The van der Waals surface area contributed by atoms with Gasteiger partial charge in [-0.1, -0.05) is 5.16 Å². The van der Waals surface area contributed by atoms with Gasteiger partial charge in [-0.2, -0.15) is 4.98 Å². The number of thiophene rings is 1. The smallest absolute Gasteiger partial charge is 0.227 e. The highest BCUT2D eigenvalue weighted by Crippen LogP contribution is 2.24. The second-order valence-electron chi connectivity index (χ2n) is 3.83. The van der Waals surface area contributed by atoms with Crippen LogP contribution in [0.4, 0.5) is 0 Å². The molecule has 0 saturated carbocycles. The number of pyridine rings is 1. The van der Waals surface area contributed by atoms with Gasteiger partial charge in [0.25, 0.3) is 0 Å². The number of hydrogen-bond acceptors (Lipinski definition) is 5. The molecule has 0 bridgehead atoms. The number of halogens is 1. The van der Waals surface area contributed by atoms with Crippen molar-refractivity contribution in [2.75, 3.05) is 5.88 Å². The minimum absolute atomic E-state index is 0.586. The topological polar surface area (TPSA) is 51.8 Å². The number of fused-ring (bicyclic) bond motifs is 1. The van der Waals surface area contributed by atoms with Crippen LogP contribution >= 0.6 is 22.9 Å². The van der Waals surface area contributed by atoms with Crippen LogP contribution in [0.1, 0.15) is 12.3 Å². The molecule has 6 heteroatoms. The van der Waals surface area contributed by atoms with Crippen molar-refractivity contribution < 1.29 is 4.52 Å². The van der Waals surface area contributed by atoms with Gasteiger partial charge in [0.1, 0.15) is 0 Å². The molecule has 0 saturated heterocycles. The van der Waals surface area contributed by atoms with E-state index in [1.54, 1.807) is 17.5 Å². The summed E-state index contributed by atoms with van der Waals surface area (Å²) in [6.07, 6.45) is 3.32. The molecule has 0 aliphatic carbocycles. The molecule has 0 N–H and O–H groups in total. The molecule has 0 aliphatic heterocycles. The Morgan fingerprint density at radius 1 is 1.39 bits per heavy atom. The monoisotopic (exact) mass is 279 g/mol. The summed E-state index contributed by atoms with van der Waals surface area (Å²) in [6.45, 7) is 0. The Morgan fingerprint density at radius 2 is 2.33 bits per heavy atom. The van der Waals surface area contributed by atoms with Crippen LogP contribution in [-0.2, 0) is 6.42 Å². The summed E-state index contributed by atoms with van der Waals surface area (Å²) in [6, 6.07) is 4.02. The summed E-state index contributed by atoms with van der Waals surface area (Å²) in [5, 5.41) is 5.98. The Balaban J connectivity index is 1.90. The molecule has 92 valence electrons. The largest absolute Gasteiger partial charge is 0.339 e. The van der Waals surface area contributed by atoms with Crippen LogP contribution in [-0.4, -0.2) is 21.0 Å². The lowest BCUT2D eigenvalue weighted by molar-refractivity contribution is 0.378. The number of aryl methyl sites for hydroxylation is 1. The maximum absolute atomic E-state index is 5.63. The maximum Gasteiger partial charge on any atom is 0.227 e. The lowest BCUT2D eigenvalue weighted by atomic mass is 10.2. The van der Waals surface area contributed by atoms with Gasteiger partial charge < -0.3 is 4.52 Å². The van der Waals surface area contributed by atoms with Gasteiger partial charge in [-0.25, -0.2) is 0 Å². The highest BCUT2D eigenvalue weighted by atomic mass is 35.5. The molecule has 3 rings (SSSR count). The van der Waals surface area contributed by atoms with Crippen LogP contribution in [0.2, 0.25) is 0 Å². The highest BCUT2D eigenvalue weighted by molar-refractivity contribution is 7.17. The molecule has 18 heavy (non-hydrogen) atoms. The average molecular weight is 280 g/mol. The molecule has 0 aromatic carbocycles. The number of nitrogens with zero attached hydrogens (tertiary/aromatic N) is 3. The van der Waals surface area contributed by atoms with Crippen molar-refractivity contribution in [2.45, 2.75) is 12.8 Å². The van der Waals surface area contributed by atoms with Gasteiger partial charge >= 0.3 is 0 Å². The molecule has 0 radical (unpaired) electrons. The summed E-state index contributed by atoms with van der Waals surface area (Å²) in [7, 11) is 0. The van der Waals surface area contributed by atoms with E-state index in [2.05, 4.69) is 15.1 Å². The van der Waals surface area contributed by atoms with Crippen LogP contribution in [0.5, 0.6) is 0 Å². The molecule has 3 heterocycles. The van der Waals surface area contributed by atoms with Crippen molar-refractivity contribution in [1.82, 2.24) is 15.1 Å². The SMILES string of the molecule is ClCCCc1nc(-c2cnc3ccsc3c2)no1. The zero-order valence-corrected chi connectivity index (χ0v) is 11.0. The first kappa shape index (κ1) is 11.6. The van der Waals surface area contributed by atoms with Crippen LogP contribution < -0.4 is 0 Å². The fourth-order valence-corrected chi connectivity index (χ4v) is 2.57. The molecule has 4 nitrogen and oxygen atoms in total. The molecule has 0 spiro atoms. The van der Waals surface area contributed by atoms with Crippen molar-refractivity contribution in [1.29, 1.82) is 0 Å². The maximum atomic E-state index is 5.63. The van der Waals surface area contributed by atoms with E-state index in [0.717, 1.165) is 22.2 Å². The Bertz CT molecular complexity index is 664. The first-order valence-corrected chi connectivity index (χ1v) is 7.00. The van der Waals surface area contributed by atoms with Crippen molar-refractivity contribution >= 4 is 33.2 Å². The molecule has 3 aromatic rings. The second-order valence-corrected chi connectivity index (χ2v) is 5.16. The summed E-state index contributed by atoms with van der Waals surface area (Å²) >= 11 is 7.28. The van der Waals surface area contributed by atoms with Crippen LogP contribution in [0.25, 0.3) is 21.6 Å². The summed E-state index contributed by atoms with van der Waals surface area (Å²) < 4.78 is 6.30. The van der Waals surface area contributed by atoms with E-state index in [1.807, 2.05) is 17.5 Å². The van der Waals surface area contributed by atoms with E-state index in [4.69, 9.17) is 16.1 Å². The molecule has 0 unspecified atom stereocenters. The first-order chi connectivity index (χ1) is 8.86. The standard InChI is InChI=1S/C12H10ClN3OS/c13-4-1-2-11-15-12(16-17-11)8-6-10-9(14-7-8)3-5-18-10/h3,5-7H,1-2,4H2. The van der Waals surface area contributed by atoms with E-state index >= 15 is 0 Å². The minimum atomic E-state index is 0.586. The third kappa shape index (κ3) is 2.23. The average Bonchev–Trinajstić information content (AvgIpc) is 3.04. The summed E-state index contributed by atoms with van der Waals surface area (Å²) in [4.78, 5) is 8.69. The molecule has 0 atom stereocenters. The normalized spacial score (nSPS) is 11.2. The fourth-order valence-electron chi connectivity index (χ4n) is 1.66. The molecule has 3 aromatic heterocycles. The lowest BCUT2D eigenvalue weighted by Gasteiger charge is -1.93. The van der Waals surface area contributed by atoms with Crippen LogP contribution in [0.3, 0.4) is 0 Å². The number of aromatic nitrogens is 3. The Morgan fingerprint density at radius 3 is 3.22 bits per heavy atom. The van der Waals surface area contributed by atoms with Gasteiger partial charge in [0, 0.05) is 24.1 Å². The predicted molar refractivity (Wildman–Crippen MR) is 72.0 cm³/mol. The third-order valence-corrected chi connectivity index (χ3v) is 3.67. The number of hydrogen-bond donors (Lipinski definition) is 0. The van der Waals surface area contributed by atoms with Gasteiger partial charge in [-0.15, -0.1) is 22.9 Å². The zero-order valence-electron chi connectivity index (χ0n) is 9.47. The molecule has 0 fully saturated rings. The highest BCUT2D eigenvalue weighted by Gasteiger charge is 2.09. The van der Waals surface area contributed by atoms with Crippen LogP contribution in [0.15, 0.2) is 28.2 Å². The second kappa shape index (κ2) is 5.04. The Labute approximate surface area is 113 Å². The van der Waals surface area contributed by atoms with Crippen molar-refractivity contribution in [3.05, 3.63) is 29.6 Å². The zero-order chi connectivity index (χ0) is 12.4. The number of rotatable bonds is 4. The fraction of sp³-hybridized carbons (Fsp3) is 0.250. The third-order valence-electron chi connectivity index (χ3n) is 2.55. The van der Waals surface area contributed by atoms with Gasteiger partial charge in [-0.05, 0) is 23.9 Å². The van der Waals surface area contributed by atoms with E-state index in [-0.39, 0.29) is 0 Å². The summed E-state index contributed by atoms with van der Waals surface area (Å²) in [5.74, 6) is 1.81. The Hall–Kier alpha value is -1.46. The molecular weight excluding hydrogens is 270 g/mol. The van der Waals surface area contributed by atoms with Crippen molar-refractivity contribution in [2.24, 2.45) is 0 Å². The quantitative estimate of drug-likeness (QED) is 0.686. The van der Waals surface area contributed by atoms with Crippen LogP contribution in [0, 0.1) is 0 Å². The Kier molecular flexibility index (Phi) is 3.25. The number of alkyl halides is 1. The van der Waals surface area contributed by atoms with Crippen molar-refractivity contribution in [3.8, 4) is 11.4 Å². The minimum Gasteiger partial charge on any atom is -0.339 e. The van der Waals surface area contributed by atoms with Gasteiger partial charge in [0.05, 0.1) is 10.2 Å². The van der Waals surface area contributed by atoms with E-state index < -0.39 is 0 Å². The molecule has 0 amide bonds. The molecule has 0 aliphatic rings. The van der Waals surface area contributed by atoms with Gasteiger partial charge in [-0.3, -0.25) is 4.98 Å².